The van der Waals surface area contributed by atoms with Gasteiger partial charge in [-0.25, -0.2) is 0 Å². The molecule has 14 heavy (non-hydrogen) atoms. The van der Waals surface area contributed by atoms with E-state index in [0.717, 1.165) is 9.26 Å². The Bertz CT molecular complexity index is 428. The fourth-order valence-corrected chi connectivity index (χ4v) is 1.98. The monoisotopic (exact) mass is 301 g/mol. The van der Waals surface area contributed by atoms with Crippen LogP contribution in [0, 0.1) is 3.57 Å². The van der Waals surface area contributed by atoms with Crippen molar-refractivity contribution < 1.29 is 9.59 Å². The van der Waals surface area contributed by atoms with Crippen LogP contribution in [0.15, 0.2) is 18.2 Å². The first kappa shape index (κ1) is 9.64. The molecule has 0 aliphatic carbocycles. The number of hydrogen-bond acceptors (Lipinski definition) is 2. The first-order valence-corrected chi connectivity index (χ1v) is 5.27. The maximum Gasteiger partial charge on any atom is 0.234 e. The van der Waals surface area contributed by atoms with Gasteiger partial charge < -0.3 is 4.90 Å². The van der Waals surface area contributed by atoms with Gasteiger partial charge in [0.2, 0.25) is 5.91 Å². The molecule has 1 amide bonds. The Balaban J connectivity index is 2.62. The summed E-state index contributed by atoms with van der Waals surface area (Å²) in [6.07, 6.45) is -0.00983. The van der Waals surface area contributed by atoms with Crippen LogP contribution in [0.2, 0.25) is 0 Å². The average molecular weight is 301 g/mol. The Labute approximate surface area is 95.2 Å². The number of carbonyl (C=O) groups is 2. The number of hydrogen-bond donors (Lipinski definition) is 0. The largest absolute Gasteiger partial charge is 0.314 e. The molecule has 1 aliphatic rings. The summed E-state index contributed by atoms with van der Waals surface area (Å²) in [6.45, 7) is 0. The van der Waals surface area contributed by atoms with Crippen molar-refractivity contribution in [1.82, 2.24) is 0 Å². The summed E-state index contributed by atoms with van der Waals surface area (Å²) >= 11 is 2.16. The summed E-state index contributed by atoms with van der Waals surface area (Å²) in [4.78, 5) is 24.4. The molecule has 0 atom stereocenters. The smallest absolute Gasteiger partial charge is 0.234 e. The van der Waals surface area contributed by atoms with Crippen LogP contribution in [0.4, 0.5) is 5.69 Å². The first-order chi connectivity index (χ1) is 6.59. The van der Waals surface area contributed by atoms with Crippen molar-refractivity contribution in [2.45, 2.75) is 6.42 Å². The summed E-state index contributed by atoms with van der Waals surface area (Å²) in [7, 11) is 1.70. The summed E-state index contributed by atoms with van der Waals surface area (Å²) < 4.78 is 1.02. The lowest BCUT2D eigenvalue weighted by Gasteiger charge is -2.24. The highest BCUT2D eigenvalue weighted by Crippen LogP contribution is 2.28. The number of ketones is 1. The van der Waals surface area contributed by atoms with Gasteiger partial charge in [-0.2, -0.15) is 0 Å². The number of benzene rings is 1. The Morgan fingerprint density at radius 1 is 1.36 bits per heavy atom. The molecule has 0 bridgehead atoms. The van der Waals surface area contributed by atoms with E-state index in [4.69, 9.17) is 0 Å². The van der Waals surface area contributed by atoms with E-state index in [1.807, 2.05) is 12.1 Å². The van der Waals surface area contributed by atoms with Gasteiger partial charge in [-0.15, -0.1) is 0 Å². The lowest BCUT2D eigenvalue weighted by Crippen LogP contribution is -2.34. The normalized spacial score (nSPS) is 15.7. The second-order valence-corrected chi connectivity index (χ2v) is 4.46. The molecular weight excluding hydrogens is 293 g/mol. The Kier molecular flexibility index (Phi) is 2.30. The minimum atomic E-state index is -0.135. The molecule has 1 aromatic rings. The van der Waals surface area contributed by atoms with Crippen LogP contribution >= 0.6 is 22.6 Å². The number of amides is 1. The third-order valence-corrected chi connectivity index (χ3v) is 2.98. The summed E-state index contributed by atoms with van der Waals surface area (Å²) in [5, 5.41) is 0. The number of anilines is 1. The third kappa shape index (κ3) is 1.43. The highest BCUT2D eigenvalue weighted by Gasteiger charge is 2.26. The van der Waals surface area contributed by atoms with Crippen LogP contribution in [-0.2, 0) is 4.79 Å². The van der Waals surface area contributed by atoms with Crippen LogP contribution in [-0.4, -0.2) is 18.7 Å². The van der Waals surface area contributed by atoms with Crippen LogP contribution in [0.3, 0.4) is 0 Å². The van der Waals surface area contributed by atoms with Gasteiger partial charge in [-0.05, 0) is 40.8 Å². The fourth-order valence-electron chi connectivity index (χ4n) is 1.50. The van der Waals surface area contributed by atoms with Crippen molar-refractivity contribution in [3.63, 3.8) is 0 Å². The topological polar surface area (TPSA) is 37.4 Å². The van der Waals surface area contributed by atoms with Gasteiger partial charge in [-0.3, -0.25) is 9.59 Å². The van der Waals surface area contributed by atoms with Gasteiger partial charge in [0, 0.05) is 16.2 Å². The molecule has 1 heterocycles. The zero-order chi connectivity index (χ0) is 10.3. The van der Waals surface area contributed by atoms with Gasteiger partial charge in [0.15, 0.2) is 5.78 Å². The maximum absolute atomic E-state index is 11.5. The molecule has 1 aliphatic heterocycles. The van der Waals surface area contributed by atoms with E-state index >= 15 is 0 Å². The molecule has 2 rings (SSSR count). The zero-order valence-electron chi connectivity index (χ0n) is 7.58. The molecule has 0 fully saturated rings. The van der Waals surface area contributed by atoms with Crippen LogP contribution in [0.1, 0.15) is 16.8 Å². The summed E-state index contributed by atoms with van der Waals surface area (Å²) in [5.41, 5.74) is 1.37. The van der Waals surface area contributed by atoms with Crippen molar-refractivity contribution in [1.29, 1.82) is 0 Å². The molecule has 0 N–H and O–H groups in total. The van der Waals surface area contributed by atoms with Crippen molar-refractivity contribution in [2.75, 3.05) is 11.9 Å². The SMILES string of the molecule is CN1C(=O)CC(=O)c2ccc(I)cc21. The highest BCUT2D eigenvalue weighted by molar-refractivity contribution is 14.1. The Morgan fingerprint density at radius 2 is 2.07 bits per heavy atom. The molecule has 72 valence electrons. The maximum atomic E-state index is 11.5. The van der Waals surface area contributed by atoms with Crippen molar-refractivity contribution >= 4 is 40.0 Å². The minimum absolute atomic E-state index is 0.00983. The predicted octanol–water partition coefficient (Wildman–Crippen LogP) is 1.84. The Morgan fingerprint density at radius 3 is 2.79 bits per heavy atom. The predicted molar refractivity (Wildman–Crippen MR) is 61.5 cm³/mol. The standard InChI is InChI=1S/C10H8INO2/c1-12-8-4-6(11)2-3-7(8)9(13)5-10(12)14/h2-4H,5H2,1H3. The molecule has 4 heteroatoms. The number of rotatable bonds is 0. The van der Waals surface area contributed by atoms with E-state index in [0.29, 0.717) is 5.56 Å². The molecule has 0 radical (unpaired) electrons. The molecule has 0 spiro atoms. The van der Waals surface area contributed by atoms with E-state index in [1.165, 1.54) is 0 Å². The molecule has 0 saturated carbocycles. The van der Waals surface area contributed by atoms with Gasteiger partial charge in [0.1, 0.15) is 0 Å². The zero-order valence-corrected chi connectivity index (χ0v) is 9.74. The number of fused-ring (bicyclic) bond motifs is 1. The molecule has 1 aromatic carbocycles. The van der Waals surface area contributed by atoms with E-state index in [2.05, 4.69) is 22.6 Å². The molecule has 0 unspecified atom stereocenters. The fraction of sp³-hybridized carbons (Fsp3) is 0.200. The van der Waals surface area contributed by atoms with Crippen LogP contribution in [0.5, 0.6) is 0 Å². The number of halogens is 1. The van der Waals surface area contributed by atoms with Crippen molar-refractivity contribution in [3.05, 3.63) is 27.3 Å². The number of nitrogens with zero attached hydrogens (tertiary/aromatic N) is 1. The van der Waals surface area contributed by atoms with E-state index in [9.17, 15) is 9.59 Å². The number of carbonyl (C=O) groups excluding carboxylic acids is 2. The van der Waals surface area contributed by atoms with E-state index in [-0.39, 0.29) is 18.1 Å². The van der Waals surface area contributed by atoms with Gasteiger partial charge >= 0.3 is 0 Å². The molecule has 0 saturated heterocycles. The minimum Gasteiger partial charge on any atom is -0.314 e. The quantitative estimate of drug-likeness (QED) is 0.542. The lowest BCUT2D eigenvalue weighted by atomic mass is 10.0. The molecule has 3 nitrogen and oxygen atoms in total. The van der Waals surface area contributed by atoms with Crippen LogP contribution in [0.25, 0.3) is 0 Å². The lowest BCUT2D eigenvalue weighted by molar-refractivity contribution is -0.117. The van der Waals surface area contributed by atoms with E-state index < -0.39 is 0 Å². The summed E-state index contributed by atoms with van der Waals surface area (Å²) in [5.74, 6) is -0.219. The Hall–Kier alpha value is -0.910. The van der Waals surface area contributed by atoms with E-state index in [1.54, 1.807) is 18.0 Å². The van der Waals surface area contributed by atoms with Crippen molar-refractivity contribution in [2.24, 2.45) is 0 Å². The second kappa shape index (κ2) is 3.34. The number of Topliss-reactive ketones (excluding diaryl/α,β-unsaturated/α-hetero) is 1. The summed E-state index contributed by atoms with van der Waals surface area (Å²) in [6, 6.07) is 5.51. The van der Waals surface area contributed by atoms with Crippen LogP contribution < -0.4 is 4.90 Å². The average Bonchev–Trinajstić information content (AvgIpc) is 2.14. The van der Waals surface area contributed by atoms with Gasteiger partial charge in [0.25, 0.3) is 0 Å². The molecule has 0 aromatic heterocycles. The van der Waals surface area contributed by atoms with Crippen molar-refractivity contribution in [3.8, 4) is 0 Å². The third-order valence-electron chi connectivity index (χ3n) is 2.31. The second-order valence-electron chi connectivity index (χ2n) is 3.21. The highest BCUT2D eigenvalue weighted by atomic mass is 127. The first-order valence-electron chi connectivity index (χ1n) is 4.19. The van der Waals surface area contributed by atoms with Gasteiger partial charge in [0.05, 0.1) is 12.1 Å². The van der Waals surface area contributed by atoms with Gasteiger partial charge in [-0.1, -0.05) is 0 Å². The molecular formula is C10H8INO2.